The lowest BCUT2D eigenvalue weighted by molar-refractivity contribution is -0.0924. The van der Waals surface area contributed by atoms with Gasteiger partial charge in [0, 0.05) is 13.2 Å². The molecule has 2 unspecified atom stereocenters. The van der Waals surface area contributed by atoms with Crippen LogP contribution < -0.4 is 0 Å². The Kier molecular flexibility index (Phi) is 4.39. The van der Waals surface area contributed by atoms with Crippen molar-refractivity contribution >= 4 is 0 Å². The molecule has 1 aliphatic heterocycles. The van der Waals surface area contributed by atoms with Crippen molar-refractivity contribution in [3.63, 3.8) is 0 Å². The van der Waals surface area contributed by atoms with E-state index in [0.717, 1.165) is 25.6 Å². The van der Waals surface area contributed by atoms with Gasteiger partial charge in [0.2, 0.25) is 0 Å². The van der Waals surface area contributed by atoms with Crippen molar-refractivity contribution in [2.45, 2.75) is 45.6 Å². The largest absolute Gasteiger partial charge is 0.375 e. The highest BCUT2D eigenvalue weighted by Crippen LogP contribution is 2.30. The van der Waals surface area contributed by atoms with Gasteiger partial charge in [-0.2, -0.15) is 0 Å². The van der Waals surface area contributed by atoms with Crippen LogP contribution in [0.15, 0.2) is 0 Å². The van der Waals surface area contributed by atoms with Crippen molar-refractivity contribution in [3.8, 4) is 0 Å². The Balaban J connectivity index is 2.28. The zero-order chi connectivity index (χ0) is 10.6. The van der Waals surface area contributed by atoms with Crippen molar-refractivity contribution in [3.05, 3.63) is 0 Å². The van der Waals surface area contributed by atoms with Crippen molar-refractivity contribution in [1.29, 1.82) is 0 Å². The van der Waals surface area contributed by atoms with Crippen LogP contribution in [-0.4, -0.2) is 37.2 Å². The summed E-state index contributed by atoms with van der Waals surface area (Å²) in [5, 5.41) is 0. The summed E-state index contributed by atoms with van der Waals surface area (Å²) >= 11 is 0. The van der Waals surface area contributed by atoms with Crippen LogP contribution in [0.3, 0.4) is 0 Å². The van der Waals surface area contributed by atoms with E-state index in [0.29, 0.717) is 0 Å². The number of hydrogen-bond acceptors (Lipinski definition) is 2. The van der Waals surface area contributed by atoms with Crippen LogP contribution in [0.1, 0.15) is 40.0 Å². The molecule has 0 aromatic carbocycles. The first-order valence-electron chi connectivity index (χ1n) is 5.88. The van der Waals surface area contributed by atoms with E-state index >= 15 is 0 Å². The Labute approximate surface area is 88.6 Å². The lowest BCUT2D eigenvalue weighted by Crippen LogP contribution is -2.38. The molecule has 84 valence electrons. The van der Waals surface area contributed by atoms with Gasteiger partial charge in [-0.15, -0.1) is 0 Å². The van der Waals surface area contributed by atoms with Crippen LogP contribution in [0, 0.1) is 5.92 Å². The van der Waals surface area contributed by atoms with Crippen molar-refractivity contribution < 1.29 is 4.74 Å². The predicted molar refractivity (Wildman–Crippen MR) is 60.5 cm³/mol. The Bertz CT molecular complexity index is 162. The Morgan fingerprint density at radius 3 is 2.71 bits per heavy atom. The van der Waals surface area contributed by atoms with Crippen LogP contribution in [0.25, 0.3) is 0 Å². The second-order valence-electron chi connectivity index (χ2n) is 5.05. The molecule has 2 atom stereocenters. The minimum absolute atomic E-state index is 0.149. The molecule has 0 amide bonds. The first-order valence-corrected chi connectivity index (χ1v) is 5.88. The summed E-state index contributed by atoms with van der Waals surface area (Å²) in [5.41, 5.74) is 0.149. The van der Waals surface area contributed by atoms with E-state index in [-0.39, 0.29) is 5.60 Å². The molecule has 0 aromatic rings. The van der Waals surface area contributed by atoms with Crippen LogP contribution in [0.5, 0.6) is 0 Å². The summed E-state index contributed by atoms with van der Waals surface area (Å²) in [6.45, 7) is 9.98. The second kappa shape index (κ2) is 5.13. The number of nitrogens with zero attached hydrogens (tertiary/aromatic N) is 1. The highest BCUT2D eigenvalue weighted by atomic mass is 16.5. The summed E-state index contributed by atoms with van der Waals surface area (Å²) in [6, 6.07) is 0. The predicted octanol–water partition coefficient (Wildman–Crippen LogP) is 2.53. The first kappa shape index (κ1) is 12.0. The normalized spacial score (nSPS) is 33.6. The monoisotopic (exact) mass is 199 g/mol. The van der Waals surface area contributed by atoms with Gasteiger partial charge in [-0.3, -0.25) is 0 Å². The average molecular weight is 199 g/mol. The Hall–Kier alpha value is -0.0800. The molecule has 0 aromatic heterocycles. The van der Waals surface area contributed by atoms with Crippen LogP contribution in [0.4, 0.5) is 0 Å². The molecule has 1 fully saturated rings. The second-order valence-corrected chi connectivity index (χ2v) is 5.05. The summed E-state index contributed by atoms with van der Waals surface area (Å²) in [5.74, 6) is 0.756. The van der Waals surface area contributed by atoms with Crippen molar-refractivity contribution in [2.24, 2.45) is 5.92 Å². The van der Waals surface area contributed by atoms with E-state index < -0.39 is 0 Å². The molecule has 1 rings (SSSR count). The fourth-order valence-electron chi connectivity index (χ4n) is 1.83. The fraction of sp³-hybridized carbons (Fsp3) is 1.00. The highest BCUT2D eigenvalue weighted by Gasteiger charge is 2.30. The fourth-order valence-corrected chi connectivity index (χ4v) is 1.83. The van der Waals surface area contributed by atoms with Gasteiger partial charge in [0.25, 0.3) is 0 Å². The zero-order valence-corrected chi connectivity index (χ0v) is 10.2. The van der Waals surface area contributed by atoms with Gasteiger partial charge in [0.15, 0.2) is 0 Å². The Morgan fingerprint density at radius 2 is 2.21 bits per heavy atom. The number of hydrogen-bond donors (Lipinski definition) is 0. The molecule has 0 aliphatic carbocycles. The van der Waals surface area contributed by atoms with E-state index in [9.17, 15) is 0 Å². The van der Waals surface area contributed by atoms with Gasteiger partial charge in [0.05, 0.1) is 5.60 Å². The molecule has 1 aliphatic rings. The Morgan fingerprint density at radius 1 is 1.50 bits per heavy atom. The third-order valence-electron chi connectivity index (χ3n) is 3.44. The molecule has 0 radical (unpaired) electrons. The van der Waals surface area contributed by atoms with Gasteiger partial charge in [0.1, 0.15) is 0 Å². The molecular weight excluding hydrogens is 174 g/mol. The smallest absolute Gasteiger partial charge is 0.0667 e. The standard InChI is InChI=1S/C12H25NO/c1-5-13(4)9-8-12(3)7-6-11(2)10-14-12/h11H,5-10H2,1-4H3. The quantitative estimate of drug-likeness (QED) is 0.690. The molecule has 1 heterocycles. The van der Waals surface area contributed by atoms with E-state index in [4.69, 9.17) is 4.74 Å². The van der Waals surface area contributed by atoms with Gasteiger partial charge in [-0.25, -0.2) is 0 Å². The molecule has 1 saturated heterocycles. The molecule has 14 heavy (non-hydrogen) atoms. The van der Waals surface area contributed by atoms with Crippen LogP contribution in [0.2, 0.25) is 0 Å². The van der Waals surface area contributed by atoms with E-state index in [1.54, 1.807) is 0 Å². The van der Waals surface area contributed by atoms with Gasteiger partial charge < -0.3 is 9.64 Å². The third kappa shape index (κ3) is 3.58. The van der Waals surface area contributed by atoms with Gasteiger partial charge in [-0.1, -0.05) is 13.8 Å². The lowest BCUT2D eigenvalue weighted by atomic mass is 9.88. The maximum absolute atomic E-state index is 5.95. The molecule has 0 spiro atoms. The van der Waals surface area contributed by atoms with Crippen LogP contribution in [-0.2, 0) is 4.74 Å². The molecule has 0 N–H and O–H groups in total. The minimum atomic E-state index is 0.149. The topological polar surface area (TPSA) is 12.5 Å². The molecular formula is C12H25NO. The molecule has 2 heteroatoms. The SMILES string of the molecule is CCN(C)CCC1(C)CCC(C)CO1. The maximum Gasteiger partial charge on any atom is 0.0667 e. The molecule has 2 nitrogen and oxygen atoms in total. The molecule has 0 saturated carbocycles. The molecule has 0 bridgehead atoms. The first-order chi connectivity index (χ1) is 6.56. The van der Waals surface area contributed by atoms with Crippen LogP contribution >= 0.6 is 0 Å². The summed E-state index contributed by atoms with van der Waals surface area (Å²) < 4.78 is 5.95. The zero-order valence-electron chi connectivity index (χ0n) is 10.2. The maximum atomic E-state index is 5.95. The number of ether oxygens (including phenoxy) is 1. The van der Waals surface area contributed by atoms with Gasteiger partial charge >= 0.3 is 0 Å². The van der Waals surface area contributed by atoms with E-state index in [2.05, 4.69) is 32.7 Å². The van der Waals surface area contributed by atoms with E-state index in [1.165, 1.54) is 19.3 Å². The minimum Gasteiger partial charge on any atom is -0.375 e. The lowest BCUT2D eigenvalue weighted by Gasteiger charge is -2.37. The van der Waals surface area contributed by atoms with Crippen molar-refractivity contribution in [1.82, 2.24) is 4.90 Å². The average Bonchev–Trinajstić information content (AvgIpc) is 2.20. The van der Waals surface area contributed by atoms with Gasteiger partial charge in [-0.05, 0) is 45.7 Å². The van der Waals surface area contributed by atoms with E-state index in [1.807, 2.05) is 0 Å². The summed E-state index contributed by atoms with van der Waals surface area (Å²) in [7, 11) is 2.18. The summed E-state index contributed by atoms with van der Waals surface area (Å²) in [4.78, 5) is 2.35. The summed E-state index contributed by atoms with van der Waals surface area (Å²) in [6.07, 6.45) is 3.72. The van der Waals surface area contributed by atoms with Crippen molar-refractivity contribution in [2.75, 3.05) is 26.7 Å². The third-order valence-corrected chi connectivity index (χ3v) is 3.44. The number of rotatable bonds is 4. The highest BCUT2D eigenvalue weighted by molar-refractivity contribution is 4.81.